The van der Waals surface area contributed by atoms with E-state index in [4.69, 9.17) is 23.7 Å². The Hall–Kier alpha value is -4.27. The number of hydrogen-bond donors (Lipinski definition) is 1. The van der Waals surface area contributed by atoms with E-state index < -0.39 is 35.5 Å². The number of rotatable bonds is 9. The van der Waals surface area contributed by atoms with E-state index in [0.717, 1.165) is 5.56 Å². The second-order valence-electron chi connectivity index (χ2n) is 9.50. The monoisotopic (exact) mass is 549 g/mol. The van der Waals surface area contributed by atoms with Gasteiger partial charge in [0.1, 0.15) is 11.7 Å². The van der Waals surface area contributed by atoms with Gasteiger partial charge < -0.3 is 29.0 Å². The summed E-state index contributed by atoms with van der Waals surface area (Å²) in [5.74, 6) is -2.30. The van der Waals surface area contributed by atoms with Crippen LogP contribution in [0.2, 0.25) is 0 Å². The van der Waals surface area contributed by atoms with Crippen molar-refractivity contribution < 1.29 is 38.1 Å². The zero-order valence-corrected chi connectivity index (χ0v) is 23.7. The first-order chi connectivity index (χ1) is 19.3. The van der Waals surface area contributed by atoms with Gasteiger partial charge in [-0.3, -0.25) is 9.59 Å². The standard InChI is InChI=1S/C31H35NO8/c1-7-39-30(34)25-17(3)32-22-16-21(18-9-12-20(36-4)13-10-18)27(31(35)40-8-2)29(33)28(22)26(25)19-11-14-23(37-5)24(15-19)38-6/h9-15,21,26-27,32H,7-8,16H2,1-6H3/t21-,26+,27+/m0/s1. The molecule has 0 spiro atoms. The van der Waals surface area contributed by atoms with Crippen molar-refractivity contribution in [1.82, 2.24) is 5.32 Å². The summed E-state index contributed by atoms with van der Waals surface area (Å²) in [4.78, 5) is 41.1. The fourth-order valence-corrected chi connectivity index (χ4v) is 5.55. The number of ether oxygens (including phenoxy) is 5. The van der Waals surface area contributed by atoms with Gasteiger partial charge in [-0.05, 0) is 62.6 Å². The van der Waals surface area contributed by atoms with E-state index in [2.05, 4.69) is 5.32 Å². The van der Waals surface area contributed by atoms with E-state index in [9.17, 15) is 14.4 Å². The number of esters is 2. The highest BCUT2D eigenvalue weighted by molar-refractivity contribution is 6.13. The Balaban J connectivity index is 1.91. The van der Waals surface area contributed by atoms with E-state index in [1.54, 1.807) is 58.2 Å². The quantitative estimate of drug-likeness (QED) is 0.359. The fourth-order valence-electron chi connectivity index (χ4n) is 5.55. The second kappa shape index (κ2) is 12.3. The Morgan fingerprint density at radius 3 is 2.12 bits per heavy atom. The summed E-state index contributed by atoms with van der Waals surface area (Å²) in [5.41, 5.74) is 3.30. The molecule has 0 radical (unpaired) electrons. The molecule has 1 heterocycles. The van der Waals surface area contributed by atoms with Gasteiger partial charge in [0.15, 0.2) is 17.3 Å². The summed E-state index contributed by atoms with van der Waals surface area (Å²) < 4.78 is 27.0. The number of nitrogens with one attached hydrogen (secondary N) is 1. The van der Waals surface area contributed by atoms with Crippen LogP contribution in [0.3, 0.4) is 0 Å². The number of benzene rings is 2. The number of Topliss-reactive ketones (excluding diaryl/α,β-unsaturated/α-hetero) is 1. The van der Waals surface area contributed by atoms with Crippen molar-refractivity contribution in [2.24, 2.45) is 5.92 Å². The largest absolute Gasteiger partial charge is 0.497 e. The van der Waals surface area contributed by atoms with Crippen LogP contribution in [0.5, 0.6) is 17.2 Å². The molecule has 0 aromatic heterocycles. The highest BCUT2D eigenvalue weighted by Crippen LogP contribution is 2.49. The number of carbonyl (C=O) groups is 3. The SMILES string of the molecule is CCOC(=O)C1=C(C)NC2=C(C(=O)[C@H](C(=O)OCC)[C@H](c3ccc(OC)cc3)C2)[C@@H]1c1ccc(OC)c(OC)c1. The molecule has 1 aliphatic carbocycles. The van der Waals surface area contributed by atoms with Gasteiger partial charge in [0.25, 0.3) is 0 Å². The van der Waals surface area contributed by atoms with Crippen LogP contribution in [0.15, 0.2) is 65.0 Å². The molecule has 40 heavy (non-hydrogen) atoms. The van der Waals surface area contributed by atoms with E-state index in [1.165, 1.54) is 14.2 Å². The molecule has 0 saturated carbocycles. The lowest BCUT2D eigenvalue weighted by molar-refractivity contribution is -0.152. The van der Waals surface area contributed by atoms with E-state index >= 15 is 0 Å². The Morgan fingerprint density at radius 1 is 0.875 bits per heavy atom. The molecule has 0 saturated heterocycles. The topological polar surface area (TPSA) is 109 Å². The van der Waals surface area contributed by atoms with E-state index in [1.807, 2.05) is 12.1 Å². The van der Waals surface area contributed by atoms with Crippen LogP contribution in [0.1, 0.15) is 50.2 Å². The van der Waals surface area contributed by atoms with Crippen LogP contribution in [-0.4, -0.2) is 52.3 Å². The molecule has 212 valence electrons. The summed E-state index contributed by atoms with van der Waals surface area (Å²) in [6.45, 7) is 5.52. The molecule has 3 atom stereocenters. The summed E-state index contributed by atoms with van der Waals surface area (Å²) in [6, 6.07) is 12.6. The first kappa shape index (κ1) is 28.7. The van der Waals surface area contributed by atoms with Gasteiger partial charge >= 0.3 is 11.9 Å². The molecule has 2 aliphatic rings. The molecular weight excluding hydrogens is 514 g/mol. The molecule has 0 fully saturated rings. The number of methoxy groups -OCH3 is 3. The molecule has 2 aromatic rings. The minimum atomic E-state index is -1.10. The van der Waals surface area contributed by atoms with Crippen LogP contribution in [0.4, 0.5) is 0 Å². The summed E-state index contributed by atoms with van der Waals surface area (Å²) in [5, 5.41) is 3.31. The van der Waals surface area contributed by atoms with Crippen molar-refractivity contribution >= 4 is 17.7 Å². The average molecular weight is 550 g/mol. The first-order valence-electron chi connectivity index (χ1n) is 13.2. The predicted octanol–water partition coefficient (Wildman–Crippen LogP) is 4.43. The summed E-state index contributed by atoms with van der Waals surface area (Å²) >= 11 is 0. The van der Waals surface area contributed by atoms with Gasteiger partial charge in [-0.1, -0.05) is 18.2 Å². The average Bonchev–Trinajstić information content (AvgIpc) is 2.96. The minimum absolute atomic E-state index is 0.133. The van der Waals surface area contributed by atoms with Crippen molar-refractivity contribution in [2.45, 2.75) is 39.0 Å². The van der Waals surface area contributed by atoms with Crippen molar-refractivity contribution in [3.8, 4) is 17.2 Å². The molecule has 4 rings (SSSR count). The second-order valence-corrected chi connectivity index (χ2v) is 9.50. The molecule has 1 aliphatic heterocycles. The maximum absolute atomic E-state index is 14.4. The maximum atomic E-state index is 14.4. The Kier molecular flexibility index (Phi) is 8.82. The third-order valence-corrected chi connectivity index (χ3v) is 7.34. The zero-order valence-electron chi connectivity index (χ0n) is 23.7. The fraction of sp³-hybridized carbons (Fsp3) is 0.387. The number of carbonyl (C=O) groups excluding carboxylic acids is 3. The molecule has 0 unspecified atom stereocenters. The van der Waals surface area contributed by atoms with Crippen molar-refractivity contribution in [2.75, 3.05) is 34.5 Å². The molecule has 0 bridgehead atoms. The van der Waals surface area contributed by atoms with Crippen LogP contribution < -0.4 is 19.5 Å². The molecule has 0 amide bonds. The van der Waals surface area contributed by atoms with Gasteiger partial charge in [-0.25, -0.2) is 4.79 Å². The number of ketones is 1. The molecule has 1 N–H and O–H groups in total. The molecule has 9 heteroatoms. The Morgan fingerprint density at radius 2 is 1.52 bits per heavy atom. The first-order valence-corrected chi connectivity index (χ1v) is 13.2. The number of dihydropyridines is 1. The lowest BCUT2D eigenvalue weighted by Crippen LogP contribution is -2.43. The number of hydrogen-bond acceptors (Lipinski definition) is 9. The Bertz CT molecular complexity index is 1360. The third kappa shape index (κ3) is 5.28. The zero-order chi connectivity index (χ0) is 29.0. The molecule has 9 nitrogen and oxygen atoms in total. The highest BCUT2D eigenvalue weighted by Gasteiger charge is 2.49. The lowest BCUT2D eigenvalue weighted by atomic mass is 9.67. The van der Waals surface area contributed by atoms with Gasteiger partial charge in [0.05, 0.1) is 40.1 Å². The number of allylic oxidation sites excluding steroid dienone is 3. The molecule has 2 aromatic carbocycles. The van der Waals surface area contributed by atoms with Gasteiger partial charge in [-0.15, -0.1) is 0 Å². The normalized spacial score (nSPS) is 20.4. The summed E-state index contributed by atoms with van der Waals surface area (Å²) in [6.07, 6.45) is 0.355. The van der Waals surface area contributed by atoms with Crippen LogP contribution in [-0.2, 0) is 23.9 Å². The van der Waals surface area contributed by atoms with Crippen molar-refractivity contribution in [3.05, 3.63) is 76.1 Å². The lowest BCUT2D eigenvalue weighted by Gasteiger charge is -2.39. The van der Waals surface area contributed by atoms with Gasteiger partial charge in [0.2, 0.25) is 0 Å². The van der Waals surface area contributed by atoms with Crippen LogP contribution in [0, 0.1) is 5.92 Å². The van der Waals surface area contributed by atoms with Crippen LogP contribution in [0.25, 0.3) is 0 Å². The van der Waals surface area contributed by atoms with Crippen molar-refractivity contribution in [1.29, 1.82) is 0 Å². The van der Waals surface area contributed by atoms with Crippen LogP contribution >= 0.6 is 0 Å². The Labute approximate surface area is 234 Å². The van der Waals surface area contributed by atoms with E-state index in [0.29, 0.717) is 51.8 Å². The third-order valence-electron chi connectivity index (χ3n) is 7.34. The summed E-state index contributed by atoms with van der Waals surface area (Å²) in [7, 11) is 4.63. The van der Waals surface area contributed by atoms with Gasteiger partial charge in [0, 0.05) is 28.8 Å². The maximum Gasteiger partial charge on any atom is 0.336 e. The smallest absolute Gasteiger partial charge is 0.336 e. The van der Waals surface area contributed by atoms with Gasteiger partial charge in [-0.2, -0.15) is 0 Å². The minimum Gasteiger partial charge on any atom is -0.497 e. The predicted molar refractivity (Wildman–Crippen MR) is 147 cm³/mol. The van der Waals surface area contributed by atoms with E-state index in [-0.39, 0.29) is 13.2 Å². The van der Waals surface area contributed by atoms with Crippen molar-refractivity contribution in [3.63, 3.8) is 0 Å². The highest BCUT2D eigenvalue weighted by atomic mass is 16.5. The molecular formula is C31H35NO8.